The third-order valence-corrected chi connectivity index (χ3v) is 1.46. The van der Waals surface area contributed by atoms with Gasteiger partial charge in [-0.25, -0.2) is 5.48 Å². The van der Waals surface area contributed by atoms with E-state index in [1.54, 1.807) is 20.8 Å². The van der Waals surface area contributed by atoms with Crippen molar-refractivity contribution in [2.24, 2.45) is 11.3 Å². The van der Waals surface area contributed by atoms with E-state index < -0.39 is 17.2 Å². The molecule has 4 heteroatoms. The molecular weight excluding hydrogens is 146 g/mol. The minimum absolute atomic E-state index is 0.450. The first kappa shape index (κ1) is 10.1. The summed E-state index contributed by atoms with van der Waals surface area (Å²) >= 11 is 0. The van der Waals surface area contributed by atoms with Crippen LogP contribution >= 0.6 is 0 Å². The summed E-state index contributed by atoms with van der Waals surface area (Å²) < 4.78 is 0. The van der Waals surface area contributed by atoms with Crippen molar-refractivity contribution in [3.05, 3.63) is 0 Å². The molecule has 0 radical (unpaired) electrons. The minimum Gasteiger partial charge on any atom is -0.302 e. The monoisotopic (exact) mass is 159 g/mol. The topological polar surface area (TPSA) is 66.4 Å². The van der Waals surface area contributed by atoms with Gasteiger partial charge in [0.05, 0.1) is 0 Å². The van der Waals surface area contributed by atoms with Crippen LogP contribution < -0.4 is 5.48 Å². The van der Waals surface area contributed by atoms with E-state index in [9.17, 15) is 9.59 Å². The lowest BCUT2D eigenvalue weighted by atomic mass is 9.81. The fourth-order valence-corrected chi connectivity index (χ4v) is 0.729. The zero-order valence-electron chi connectivity index (χ0n) is 6.92. The van der Waals surface area contributed by atoms with E-state index in [4.69, 9.17) is 5.21 Å². The molecule has 0 aromatic rings. The minimum atomic E-state index is -0.799. The largest absolute Gasteiger partial charge is 0.302 e. The van der Waals surface area contributed by atoms with Gasteiger partial charge in [-0.1, -0.05) is 20.8 Å². The van der Waals surface area contributed by atoms with Crippen molar-refractivity contribution in [2.45, 2.75) is 20.8 Å². The van der Waals surface area contributed by atoms with E-state index in [0.717, 1.165) is 0 Å². The van der Waals surface area contributed by atoms with Gasteiger partial charge < -0.3 is 4.79 Å². The molecule has 0 aliphatic carbocycles. The van der Waals surface area contributed by atoms with Crippen LogP contribution in [0, 0.1) is 11.3 Å². The maximum Gasteiger partial charge on any atom is 0.254 e. The number of amides is 1. The molecule has 0 rings (SSSR count). The van der Waals surface area contributed by atoms with Gasteiger partial charge in [0.25, 0.3) is 5.91 Å². The van der Waals surface area contributed by atoms with Crippen molar-refractivity contribution in [3.8, 4) is 0 Å². The molecule has 2 N–H and O–H groups in total. The summed E-state index contributed by atoms with van der Waals surface area (Å²) in [6.45, 7) is 5.25. The smallest absolute Gasteiger partial charge is 0.254 e. The molecule has 1 unspecified atom stereocenters. The Kier molecular flexibility index (Phi) is 3.19. The van der Waals surface area contributed by atoms with Gasteiger partial charge in [0.15, 0.2) is 0 Å². The number of aldehydes is 1. The molecule has 1 atom stereocenters. The van der Waals surface area contributed by atoms with Crippen molar-refractivity contribution < 1.29 is 14.8 Å². The lowest BCUT2D eigenvalue weighted by Gasteiger charge is -2.23. The van der Waals surface area contributed by atoms with Crippen LogP contribution in [0.1, 0.15) is 20.8 Å². The molecule has 0 aliphatic rings. The standard InChI is InChI=1S/C7H13NO3/c1-7(2,3)5(4-9)6(10)8-11/h4-5,11H,1-3H3,(H,8,10). The van der Waals surface area contributed by atoms with E-state index in [2.05, 4.69) is 0 Å². The van der Waals surface area contributed by atoms with Gasteiger partial charge in [-0.15, -0.1) is 0 Å². The van der Waals surface area contributed by atoms with Crippen molar-refractivity contribution in [1.29, 1.82) is 0 Å². The SMILES string of the molecule is CC(C)(C)C(C=O)C(=O)NO. The summed E-state index contributed by atoms with van der Waals surface area (Å²) in [7, 11) is 0. The van der Waals surface area contributed by atoms with Gasteiger partial charge in [0, 0.05) is 0 Å². The molecule has 0 saturated carbocycles. The maximum atomic E-state index is 10.8. The van der Waals surface area contributed by atoms with Crippen molar-refractivity contribution >= 4 is 12.2 Å². The van der Waals surface area contributed by atoms with E-state index in [1.807, 2.05) is 0 Å². The van der Waals surface area contributed by atoms with Crippen molar-refractivity contribution in [2.75, 3.05) is 0 Å². The summed E-state index contributed by atoms with van der Waals surface area (Å²) in [5.74, 6) is -1.46. The molecule has 0 aromatic carbocycles. The van der Waals surface area contributed by atoms with Crippen LogP contribution in [0.4, 0.5) is 0 Å². The Labute approximate surface area is 65.6 Å². The predicted molar refractivity (Wildman–Crippen MR) is 38.9 cm³/mol. The average molecular weight is 159 g/mol. The summed E-state index contributed by atoms with van der Waals surface area (Å²) in [5, 5.41) is 8.24. The van der Waals surface area contributed by atoms with Crippen LogP contribution in [0.25, 0.3) is 0 Å². The normalized spacial score (nSPS) is 13.8. The summed E-state index contributed by atoms with van der Waals surface area (Å²) in [6, 6.07) is 0. The van der Waals surface area contributed by atoms with Crippen LogP contribution in [0.5, 0.6) is 0 Å². The Hall–Kier alpha value is -0.900. The summed E-state index contributed by atoms with van der Waals surface area (Å²) in [5.41, 5.74) is 1.00. The molecular formula is C7H13NO3. The van der Waals surface area contributed by atoms with Crippen LogP contribution in [0.15, 0.2) is 0 Å². The van der Waals surface area contributed by atoms with Crippen molar-refractivity contribution in [3.63, 3.8) is 0 Å². The number of rotatable bonds is 2. The Bertz CT molecular complexity index is 160. The molecule has 0 aliphatic heterocycles. The van der Waals surface area contributed by atoms with E-state index in [-0.39, 0.29) is 0 Å². The van der Waals surface area contributed by atoms with E-state index in [1.165, 1.54) is 5.48 Å². The summed E-state index contributed by atoms with van der Waals surface area (Å²) in [4.78, 5) is 21.2. The second kappa shape index (κ2) is 3.48. The van der Waals surface area contributed by atoms with Gasteiger partial charge in [0.1, 0.15) is 12.2 Å². The van der Waals surface area contributed by atoms with Crippen LogP contribution in [0.2, 0.25) is 0 Å². The number of nitrogens with one attached hydrogen (secondary N) is 1. The fourth-order valence-electron chi connectivity index (χ4n) is 0.729. The molecule has 0 fully saturated rings. The van der Waals surface area contributed by atoms with Gasteiger partial charge in [0.2, 0.25) is 0 Å². The van der Waals surface area contributed by atoms with Gasteiger partial charge in [-0.3, -0.25) is 10.0 Å². The highest BCUT2D eigenvalue weighted by Gasteiger charge is 2.30. The average Bonchev–Trinajstić information content (AvgIpc) is 1.86. The number of hydroxylamine groups is 1. The first-order valence-corrected chi connectivity index (χ1v) is 3.32. The van der Waals surface area contributed by atoms with E-state index >= 15 is 0 Å². The highest BCUT2D eigenvalue weighted by molar-refractivity contribution is 5.91. The maximum absolute atomic E-state index is 10.8. The molecule has 11 heavy (non-hydrogen) atoms. The quantitative estimate of drug-likeness (QED) is 0.264. The lowest BCUT2D eigenvalue weighted by molar-refractivity contribution is -0.139. The molecule has 0 aromatic heterocycles. The van der Waals surface area contributed by atoms with Gasteiger partial charge in [-0.2, -0.15) is 0 Å². The fraction of sp³-hybridized carbons (Fsp3) is 0.714. The van der Waals surface area contributed by atoms with Crippen LogP contribution in [-0.4, -0.2) is 17.4 Å². The molecule has 4 nitrogen and oxygen atoms in total. The highest BCUT2D eigenvalue weighted by atomic mass is 16.5. The Morgan fingerprint density at radius 2 is 2.00 bits per heavy atom. The predicted octanol–water partition coefficient (Wildman–Crippen LogP) is 0.353. The Morgan fingerprint density at radius 1 is 1.55 bits per heavy atom. The second-order valence-electron chi connectivity index (χ2n) is 3.46. The van der Waals surface area contributed by atoms with Crippen molar-refractivity contribution in [1.82, 2.24) is 5.48 Å². The number of carbonyl (C=O) groups is 2. The molecule has 0 spiro atoms. The van der Waals surface area contributed by atoms with Gasteiger partial charge >= 0.3 is 0 Å². The molecule has 0 bridgehead atoms. The zero-order valence-corrected chi connectivity index (χ0v) is 6.92. The summed E-state index contributed by atoms with van der Waals surface area (Å²) in [6.07, 6.45) is 0.533. The second-order valence-corrected chi connectivity index (χ2v) is 3.46. The third kappa shape index (κ3) is 2.67. The number of hydrogen-bond donors (Lipinski definition) is 2. The Morgan fingerprint density at radius 3 is 2.09 bits per heavy atom. The molecule has 0 saturated heterocycles. The van der Waals surface area contributed by atoms with Gasteiger partial charge in [-0.05, 0) is 5.41 Å². The molecule has 1 amide bonds. The number of carbonyl (C=O) groups excluding carboxylic acids is 2. The highest BCUT2D eigenvalue weighted by Crippen LogP contribution is 2.23. The zero-order chi connectivity index (χ0) is 9.07. The first-order valence-electron chi connectivity index (χ1n) is 3.32. The van der Waals surface area contributed by atoms with Crippen LogP contribution in [0.3, 0.4) is 0 Å². The molecule has 0 heterocycles. The Balaban J connectivity index is 4.41. The lowest BCUT2D eigenvalue weighted by Crippen LogP contribution is -2.37. The molecule has 64 valence electrons. The first-order chi connectivity index (χ1) is 4.93. The van der Waals surface area contributed by atoms with E-state index in [0.29, 0.717) is 6.29 Å². The third-order valence-electron chi connectivity index (χ3n) is 1.46. The van der Waals surface area contributed by atoms with Crippen LogP contribution in [-0.2, 0) is 9.59 Å². The number of hydrogen-bond acceptors (Lipinski definition) is 3.